The summed E-state index contributed by atoms with van der Waals surface area (Å²) in [5.41, 5.74) is 12.5. The van der Waals surface area contributed by atoms with E-state index in [4.69, 9.17) is 9.97 Å². The highest BCUT2D eigenvalue weighted by Crippen LogP contribution is 2.39. The van der Waals surface area contributed by atoms with E-state index in [9.17, 15) is 45.0 Å². The van der Waals surface area contributed by atoms with E-state index in [0.29, 0.717) is 70.0 Å². The van der Waals surface area contributed by atoms with Crippen molar-refractivity contribution in [2.24, 2.45) is 4.40 Å². The molecule has 0 aliphatic heterocycles. The molecule has 17 heteroatoms. The van der Waals surface area contributed by atoms with Gasteiger partial charge in [-0.05, 0) is 168 Å². The van der Waals surface area contributed by atoms with Gasteiger partial charge in [-0.1, -0.05) is 84.9 Å². The number of carbonyl (C=O) groups is 4. The predicted molar refractivity (Wildman–Crippen MR) is 323 cm³/mol. The van der Waals surface area contributed by atoms with Gasteiger partial charge in [0.1, 0.15) is 27.8 Å². The quantitative estimate of drug-likeness (QED) is 0.0349. The molecule has 6 aromatic carbocycles. The lowest BCUT2D eigenvalue weighted by molar-refractivity contribution is -0.138. The Morgan fingerprint density at radius 2 is 0.716 bits per heavy atom. The zero-order valence-corrected chi connectivity index (χ0v) is 45.9. The third-order valence-corrected chi connectivity index (χ3v) is 15.8. The van der Waals surface area contributed by atoms with Gasteiger partial charge < -0.3 is 30.2 Å². The van der Waals surface area contributed by atoms with E-state index in [-0.39, 0.29) is 37.1 Å². The van der Waals surface area contributed by atoms with Crippen molar-refractivity contribution < 1.29 is 39.6 Å². The van der Waals surface area contributed by atoms with Crippen LogP contribution in [0, 0.1) is 5.41 Å². The molecule has 3 aromatic heterocycles. The first-order chi connectivity index (χ1) is 39.3. The highest BCUT2D eigenvalue weighted by atomic mass is 32.1. The zero-order valence-electron chi connectivity index (χ0n) is 43.4. The summed E-state index contributed by atoms with van der Waals surface area (Å²) in [7, 11) is 0. The van der Waals surface area contributed by atoms with Crippen LogP contribution in [-0.4, -0.2) is 65.7 Å². The Morgan fingerprint density at radius 3 is 0.988 bits per heavy atom. The molecule has 0 fully saturated rings. The Bertz CT molecular complexity index is 3820. The van der Waals surface area contributed by atoms with Crippen LogP contribution in [0.2, 0.25) is 0 Å². The van der Waals surface area contributed by atoms with Crippen molar-refractivity contribution in [1.29, 1.82) is 5.41 Å². The molecule has 1 aliphatic rings. The summed E-state index contributed by atoms with van der Waals surface area (Å²) in [5, 5.41) is 52.4. The topological polar surface area (TPSA) is 218 Å². The van der Waals surface area contributed by atoms with Crippen LogP contribution in [0.3, 0.4) is 0 Å². The van der Waals surface area contributed by atoms with E-state index < -0.39 is 23.9 Å². The van der Waals surface area contributed by atoms with Crippen molar-refractivity contribution in [1.82, 2.24) is 9.97 Å². The number of benzene rings is 6. The lowest BCUT2D eigenvalue weighted by Gasteiger charge is -2.27. The maximum Gasteiger partial charge on any atom is 0.303 e. The second-order valence-electron chi connectivity index (χ2n) is 19.2. The van der Waals surface area contributed by atoms with Gasteiger partial charge in [0.25, 0.3) is 0 Å². The van der Waals surface area contributed by atoms with E-state index in [1.165, 1.54) is 0 Å². The first kappa shape index (κ1) is 55.0. The van der Waals surface area contributed by atoms with Crippen molar-refractivity contribution in [3.63, 3.8) is 0 Å². The lowest BCUT2D eigenvalue weighted by Crippen LogP contribution is -2.45. The number of aromatic nitrogens is 2. The van der Waals surface area contributed by atoms with Gasteiger partial charge in [-0.15, -0.1) is 22.7 Å². The third-order valence-electron chi connectivity index (χ3n) is 13.8. The van der Waals surface area contributed by atoms with Gasteiger partial charge in [-0.2, -0.15) is 0 Å². The Labute approximate surface area is 479 Å². The Morgan fingerprint density at radius 1 is 0.432 bits per heavy atom. The van der Waals surface area contributed by atoms with Crippen molar-refractivity contribution >= 4 is 116 Å². The van der Waals surface area contributed by atoms with Crippen molar-refractivity contribution in [3.8, 4) is 21.1 Å². The van der Waals surface area contributed by atoms with Crippen LogP contribution in [0.25, 0.3) is 32.3 Å². The Hall–Kier alpha value is -9.29. The molecule has 0 bridgehead atoms. The summed E-state index contributed by atoms with van der Waals surface area (Å²) in [6, 6.07) is 54.6. The summed E-state index contributed by atoms with van der Waals surface area (Å²) in [4.78, 5) is 62.5. The maximum atomic E-state index is 11.4. The number of aryl methyl sites for hydroxylation is 4. The number of hydrogen-bond acceptors (Lipinski definition) is 13. The molecule has 0 radical (unpaired) electrons. The smallest absolute Gasteiger partial charge is 0.303 e. The molecule has 0 spiro atoms. The molecule has 404 valence electrons. The minimum Gasteiger partial charge on any atom is -0.481 e. The molecular weight excluding hydrogens is 1080 g/mol. The summed E-state index contributed by atoms with van der Waals surface area (Å²) in [6.45, 7) is 0. The normalized spacial score (nSPS) is 12.6. The van der Waals surface area contributed by atoms with Crippen LogP contribution in [0.15, 0.2) is 185 Å². The molecule has 10 rings (SSSR count). The molecule has 0 atom stereocenters. The third kappa shape index (κ3) is 12.6. The first-order valence-corrected chi connectivity index (χ1v) is 28.1. The average molecular weight is 1130 g/mol. The minimum absolute atomic E-state index is 0.00422. The van der Waals surface area contributed by atoms with Crippen LogP contribution < -0.4 is 20.5 Å². The molecule has 0 unspecified atom stereocenters. The fourth-order valence-electron chi connectivity index (χ4n) is 9.78. The first-order valence-electron chi connectivity index (χ1n) is 25.9. The number of rotatable bonds is 22. The molecule has 3 heterocycles. The maximum absolute atomic E-state index is 11.4. The molecule has 0 saturated heterocycles. The second-order valence-corrected chi connectivity index (χ2v) is 21.2. The molecule has 0 amide bonds. The summed E-state index contributed by atoms with van der Waals surface area (Å²) >= 11 is 7.66. The number of nitrogens with zero attached hydrogens (tertiary/aromatic N) is 5. The van der Waals surface area contributed by atoms with Gasteiger partial charge in [-0.25, -0.2) is 14.4 Å². The van der Waals surface area contributed by atoms with E-state index in [0.717, 1.165) is 66.1 Å². The standard InChI is InChI=1S/C64H52N6O8S3/c65-59-57(43-17-29-49(30-18-43)69(45-21-5-39(6-22-45)13-33-53(71)72)46-23-7-40(8-24-46)14-34-54(73)74)63-64(67-61(52-4-2-38-81-52)60(66-63)51-3-1-37-80-51)58(62(59)68-79)44-19-31-50(32-20-44)70(47-25-9-41(10-26-47)15-35-55(75)76)48-27-11-42(12-28-48)16-36-56(77)78/h1-12,17-32,37-38,65,79H,13-16,33-36H2,(H,71,72)(H,73,74)(H,75,76)(H,77,78)/b65-59?,68-62-. The molecule has 0 saturated carbocycles. The predicted octanol–water partition coefficient (Wildman–Crippen LogP) is 12.7. The molecule has 14 nitrogen and oxygen atoms in total. The Kier molecular flexibility index (Phi) is 16.9. The average Bonchev–Trinajstić information content (AvgIpc) is 4.26. The largest absolute Gasteiger partial charge is 0.481 e. The summed E-state index contributed by atoms with van der Waals surface area (Å²) < 4.78 is 4.54. The van der Waals surface area contributed by atoms with Gasteiger partial charge >= 0.3 is 23.9 Å². The van der Waals surface area contributed by atoms with E-state index in [1.54, 1.807) is 22.7 Å². The molecular formula is C64H52N6O8S3. The monoisotopic (exact) mass is 1130 g/mol. The van der Waals surface area contributed by atoms with Gasteiger partial charge in [0, 0.05) is 71.0 Å². The lowest BCUT2D eigenvalue weighted by atomic mass is 9.86. The number of carboxylic acids is 4. The van der Waals surface area contributed by atoms with Gasteiger partial charge in [0.05, 0.1) is 15.5 Å². The fraction of sp³-hybridized carbons (Fsp3) is 0.125. The molecule has 1 aliphatic carbocycles. The van der Waals surface area contributed by atoms with Gasteiger partial charge in [0.15, 0.2) is 0 Å². The van der Waals surface area contributed by atoms with Crippen LogP contribution in [-0.2, 0) is 44.9 Å². The highest BCUT2D eigenvalue weighted by Gasteiger charge is 2.30. The highest BCUT2D eigenvalue weighted by molar-refractivity contribution is 7.79. The number of anilines is 6. The van der Waals surface area contributed by atoms with Crippen LogP contribution in [0.1, 0.15) is 59.1 Å². The van der Waals surface area contributed by atoms with Crippen molar-refractivity contribution in [3.05, 3.63) is 225 Å². The minimum atomic E-state index is -0.875. The number of aliphatic carboxylic acids is 4. The SMILES string of the molecule is N=C1C(c2ccc(N(c3ccc(CCC(=O)O)cc3)c3ccc(CCC(=O)O)cc3)cc2)=c2nc(-c3cccs3)c(-c3cccs3)nc2=C(c2ccc(N(c3ccc(CCC(=O)O)cc3)c3ccc(CCC(=O)O)cc3)cc2)/C1=N/S. The zero-order chi connectivity index (χ0) is 56.6. The van der Waals surface area contributed by atoms with Crippen molar-refractivity contribution in [2.45, 2.75) is 51.4 Å². The Balaban J connectivity index is 1.12. The van der Waals surface area contributed by atoms with Crippen molar-refractivity contribution in [2.75, 3.05) is 9.80 Å². The molecule has 81 heavy (non-hydrogen) atoms. The van der Waals surface area contributed by atoms with E-state index in [1.807, 2.05) is 181 Å². The number of thiophene rings is 2. The van der Waals surface area contributed by atoms with Crippen LogP contribution >= 0.6 is 35.5 Å². The second kappa shape index (κ2) is 24.8. The molecule has 9 aromatic rings. The van der Waals surface area contributed by atoms with E-state index >= 15 is 0 Å². The van der Waals surface area contributed by atoms with Crippen LogP contribution in [0.5, 0.6) is 0 Å². The van der Waals surface area contributed by atoms with Gasteiger partial charge in [0.2, 0.25) is 0 Å². The fourth-order valence-corrected chi connectivity index (χ4v) is 11.4. The summed E-state index contributed by atoms with van der Waals surface area (Å²) in [5.74, 6) is -3.50. The molecule has 5 N–H and O–H groups in total. The van der Waals surface area contributed by atoms with E-state index in [2.05, 4.69) is 27.0 Å². The number of fused-ring (bicyclic) bond motifs is 1. The number of hydrogen-bond donors (Lipinski definition) is 6. The van der Waals surface area contributed by atoms with Crippen LogP contribution in [0.4, 0.5) is 34.1 Å². The number of nitrogens with one attached hydrogen (secondary N) is 1. The number of thiol groups is 1. The number of carboxylic acid groups (broad SMARTS) is 4. The van der Waals surface area contributed by atoms with Gasteiger partial charge in [-0.3, -0.25) is 24.6 Å². The summed E-state index contributed by atoms with van der Waals surface area (Å²) in [6.07, 6.45) is 1.54.